The number of amides is 1. The fraction of sp³-hybridized carbons (Fsp3) is 0.235. The van der Waals surface area contributed by atoms with Crippen LogP contribution in [0.5, 0.6) is 0 Å². The second-order valence-corrected chi connectivity index (χ2v) is 7.21. The Hall–Kier alpha value is -2.38. The molecule has 0 spiro atoms. The molecule has 2 rings (SSSR count). The van der Waals surface area contributed by atoms with Gasteiger partial charge in [0, 0.05) is 6.54 Å². The molecule has 0 atom stereocenters. The number of carbonyl (C=O) groups is 1. The number of ether oxygens (including phenoxy) is 1. The molecule has 0 aliphatic heterocycles. The highest BCUT2D eigenvalue weighted by atomic mass is 32.2. The van der Waals surface area contributed by atoms with Crippen LogP contribution in [0.1, 0.15) is 11.1 Å². The van der Waals surface area contributed by atoms with Gasteiger partial charge in [-0.25, -0.2) is 13.2 Å². The summed E-state index contributed by atoms with van der Waals surface area (Å²) in [6, 6.07) is 15.5. The van der Waals surface area contributed by atoms with Gasteiger partial charge >= 0.3 is 6.09 Å². The molecule has 128 valence electrons. The van der Waals surface area contributed by atoms with Crippen molar-refractivity contribution in [1.82, 2.24) is 5.32 Å². The van der Waals surface area contributed by atoms with E-state index >= 15 is 0 Å². The van der Waals surface area contributed by atoms with E-state index in [1.807, 2.05) is 30.3 Å². The van der Waals surface area contributed by atoms with Gasteiger partial charge in [0.15, 0.2) is 9.84 Å². The van der Waals surface area contributed by atoms with E-state index in [-0.39, 0.29) is 23.8 Å². The predicted molar refractivity (Wildman–Crippen MR) is 89.0 cm³/mol. The average molecular weight is 349 g/mol. The summed E-state index contributed by atoms with van der Waals surface area (Å²) in [6.45, 7) is -0.121. The number of benzene rings is 2. The zero-order valence-corrected chi connectivity index (χ0v) is 13.8. The van der Waals surface area contributed by atoms with Crippen LogP contribution in [0.4, 0.5) is 4.79 Å². The summed E-state index contributed by atoms with van der Waals surface area (Å²) in [5.41, 5.74) is 1.51. The normalized spacial score (nSPS) is 11.0. The van der Waals surface area contributed by atoms with Crippen molar-refractivity contribution in [3.8, 4) is 0 Å². The van der Waals surface area contributed by atoms with Crippen LogP contribution in [0.15, 0.2) is 59.5 Å². The van der Waals surface area contributed by atoms with E-state index in [9.17, 15) is 13.2 Å². The molecule has 0 aliphatic carbocycles. The monoisotopic (exact) mass is 349 g/mol. The van der Waals surface area contributed by atoms with Gasteiger partial charge in [0.05, 0.1) is 17.3 Å². The largest absolute Gasteiger partial charge is 0.445 e. The lowest BCUT2D eigenvalue weighted by Gasteiger charge is -2.09. The Bertz CT molecular complexity index is 775. The molecule has 6 nitrogen and oxygen atoms in total. The van der Waals surface area contributed by atoms with Crippen LogP contribution in [0, 0.1) is 0 Å². The summed E-state index contributed by atoms with van der Waals surface area (Å²) in [5.74, 6) is -0.330. The quantitative estimate of drug-likeness (QED) is 0.796. The van der Waals surface area contributed by atoms with Gasteiger partial charge in [-0.1, -0.05) is 42.5 Å². The van der Waals surface area contributed by atoms with Gasteiger partial charge in [0.2, 0.25) is 0 Å². The number of hydrogen-bond acceptors (Lipinski definition) is 5. The van der Waals surface area contributed by atoms with Crippen molar-refractivity contribution in [3.63, 3.8) is 0 Å². The summed E-state index contributed by atoms with van der Waals surface area (Å²) < 4.78 is 28.9. The van der Waals surface area contributed by atoms with Crippen LogP contribution >= 0.6 is 0 Å². The lowest BCUT2D eigenvalue weighted by atomic mass is 10.2. The highest BCUT2D eigenvalue weighted by Gasteiger charge is 2.14. The lowest BCUT2D eigenvalue weighted by molar-refractivity contribution is 0.139. The number of alkyl carbamates (subject to hydrolysis) is 1. The Balaban J connectivity index is 1.89. The highest BCUT2D eigenvalue weighted by Crippen LogP contribution is 2.13. The maximum atomic E-state index is 11.9. The molecule has 0 aliphatic rings. The smallest absolute Gasteiger partial charge is 0.407 e. The molecule has 0 unspecified atom stereocenters. The third-order valence-electron chi connectivity index (χ3n) is 3.27. The molecule has 2 aromatic carbocycles. The standard InChI is InChI=1S/C17H19NO5S/c19-9-10-24(21,22)16-8-4-7-15(11-16)12-18-17(20)23-13-14-5-2-1-3-6-14/h1-8,11,19H,9-10,12-13H2,(H,18,20). The average Bonchev–Trinajstić information content (AvgIpc) is 2.59. The van der Waals surface area contributed by atoms with Gasteiger partial charge in [-0.2, -0.15) is 0 Å². The molecule has 24 heavy (non-hydrogen) atoms. The first kappa shape index (κ1) is 18.0. The molecule has 0 bridgehead atoms. The Morgan fingerprint density at radius 1 is 1.04 bits per heavy atom. The first-order chi connectivity index (χ1) is 11.5. The molecule has 7 heteroatoms. The minimum Gasteiger partial charge on any atom is -0.445 e. The van der Waals surface area contributed by atoms with Crippen molar-refractivity contribution in [2.24, 2.45) is 0 Å². The third kappa shape index (κ3) is 5.36. The number of aliphatic hydroxyl groups is 1. The molecule has 0 saturated heterocycles. The molecule has 2 N–H and O–H groups in total. The van der Waals surface area contributed by atoms with E-state index in [2.05, 4.69) is 5.32 Å². The minimum absolute atomic E-state index is 0.119. The molecular formula is C17H19NO5S. The topological polar surface area (TPSA) is 92.7 Å². The number of rotatable bonds is 7. The Morgan fingerprint density at radius 3 is 2.46 bits per heavy atom. The number of hydrogen-bond donors (Lipinski definition) is 2. The molecule has 0 saturated carbocycles. The van der Waals surface area contributed by atoms with Crippen molar-refractivity contribution < 1.29 is 23.1 Å². The van der Waals surface area contributed by atoms with E-state index in [0.717, 1.165) is 5.56 Å². The SMILES string of the molecule is O=C(NCc1cccc(S(=O)(=O)CCO)c1)OCc1ccccc1. The Morgan fingerprint density at radius 2 is 1.75 bits per heavy atom. The number of sulfone groups is 1. The molecular weight excluding hydrogens is 330 g/mol. The summed E-state index contributed by atoms with van der Waals surface area (Å²) in [4.78, 5) is 11.8. The van der Waals surface area contributed by atoms with E-state index in [1.165, 1.54) is 12.1 Å². The first-order valence-electron chi connectivity index (χ1n) is 7.38. The fourth-order valence-corrected chi connectivity index (χ4v) is 3.13. The molecule has 0 fully saturated rings. The molecule has 1 amide bonds. The molecule has 2 aromatic rings. The van der Waals surface area contributed by atoms with Gasteiger partial charge in [-0.05, 0) is 23.3 Å². The Labute approximate surface area is 141 Å². The maximum absolute atomic E-state index is 11.9. The van der Waals surface area contributed by atoms with Crippen LogP contribution in [0.25, 0.3) is 0 Å². The second kappa shape index (κ2) is 8.47. The van der Waals surface area contributed by atoms with Gasteiger partial charge in [0.1, 0.15) is 6.61 Å². The second-order valence-electron chi connectivity index (χ2n) is 5.11. The van der Waals surface area contributed by atoms with Gasteiger partial charge in [-0.15, -0.1) is 0 Å². The molecule has 0 aromatic heterocycles. The molecule has 0 heterocycles. The predicted octanol–water partition coefficient (Wildman–Crippen LogP) is 1.88. The first-order valence-corrected chi connectivity index (χ1v) is 9.03. The van der Waals surface area contributed by atoms with Crippen molar-refractivity contribution >= 4 is 15.9 Å². The Kier molecular flexibility index (Phi) is 6.34. The van der Waals surface area contributed by atoms with Crippen LogP contribution in [0.3, 0.4) is 0 Å². The van der Waals surface area contributed by atoms with Gasteiger partial charge < -0.3 is 15.2 Å². The van der Waals surface area contributed by atoms with Gasteiger partial charge in [0.25, 0.3) is 0 Å². The zero-order valence-electron chi connectivity index (χ0n) is 13.0. The van der Waals surface area contributed by atoms with E-state index in [4.69, 9.17) is 9.84 Å². The summed E-state index contributed by atoms with van der Waals surface area (Å²) in [6.07, 6.45) is -0.581. The van der Waals surface area contributed by atoms with Crippen molar-refractivity contribution in [2.45, 2.75) is 18.0 Å². The maximum Gasteiger partial charge on any atom is 0.407 e. The summed E-state index contributed by atoms with van der Waals surface area (Å²) in [5, 5.41) is 11.4. The number of aliphatic hydroxyl groups excluding tert-OH is 1. The minimum atomic E-state index is -3.51. The van der Waals surface area contributed by atoms with Gasteiger partial charge in [-0.3, -0.25) is 0 Å². The fourth-order valence-electron chi connectivity index (χ4n) is 2.04. The van der Waals surface area contributed by atoms with E-state index in [1.54, 1.807) is 12.1 Å². The van der Waals surface area contributed by atoms with E-state index < -0.39 is 22.5 Å². The number of carbonyl (C=O) groups excluding carboxylic acids is 1. The van der Waals surface area contributed by atoms with Crippen molar-refractivity contribution in [2.75, 3.05) is 12.4 Å². The zero-order chi connectivity index (χ0) is 17.4. The molecule has 0 radical (unpaired) electrons. The summed E-state index contributed by atoms with van der Waals surface area (Å²) in [7, 11) is -3.51. The highest BCUT2D eigenvalue weighted by molar-refractivity contribution is 7.91. The van der Waals surface area contributed by atoms with Crippen molar-refractivity contribution in [3.05, 3.63) is 65.7 Å². The number of nitrogens with one attached hydrogen (secondary N) is 1. The van der Waals surface area contributed by atoms with Crippen LogP contribution in [-0.4, -0.2) is 32.0 Å². The summed E-state index contributed by atoms with van der Waals surface area (Å²) >= 11 is 0. The van der Waals surface area contributed by atoms with Crippen LogP contribution in [0.2, 0.25) is 0 Å². The van der Waals surface area contributed by atoms with Crippen LogP contribution < -0.4 is 5.32 Å². The van der Waals surface area contributed by atoms with Crippen LogP contribution in [-0.2, 0) is 27.7 Å². The third-order valence-corrected chi connectivity index (χ3v) is 4.96. The lowest BCUT2D eigenvalue weighted by Crippen LogP contribution is -2.23. The van der Waals surface area contributed by atoms with Crippen molar-refractivity contribution in [1.29, 1.82) is 0 Å². The van der Waals surface area contributed by atoms with E-state index in [0.29, 0.717) is 5.56 Å².